The lowest BCUT2D eigenvalue weighted by Gasteiger charge is -2.15. The zero-order valence-corrected chi connectivity index (χ0v) is 18.9. The number of nitrogens with one attached hydrogen (secondary N) is 1. The third-order valence-corrected chi connectivity index (χ3v) is 5.30. The molecular formula is C26H22ClFN2O3. The number of halogens is 2. The molecule has 0 aliphatic carbocycles. The first-order chi connectivity index (χ1) is 15.8. The molecule has 7 heteroatoms. The van der Waals surface area contributed by atoms with E-state index in [-0.39, 0.29) is 23.9 Å². The van der Waals surface area contributed by atoms with Gasteiger partial charge in [0.2, 0.25) is 0 Å². The molecule has 5 nitrogen and oxygen atoms in total. The van der Waals surface area contributed by atoms with E-state index in [4.69, 9.17) is 16.3 Å². The van der Waals surface area contributed by atoms with Gasteiger partial charge < -0.3 is 10.1 Å². The number of amides is 2. The first kappa shape index (κ1) is 22.6. The molecule has 33 heavy (non-hydrogen) atoms. The van der Waals surface area contributed by atoms with Gasteiger partial charge in [0.1, 0.15) is 17.3 Å². The second kappa shape index (κ2) is 9.46. The number of anilines is 1. The van der Waals surface area contributed by atoms with Crippen LogP contribution in [0.1, 0.15) is 25.0 Å². The van der Waals surface area contributed by atoms with E-state index in [2.05, 4.69) is 5.32 Å². The van der Waals surface area contributed by atoms with Crippen LogP contribution in [0.25, 0.3) is 5.57 Å². The van der Waals surface area contributed by atoms with Crippen molar-refractivity contribution in [1.82, 2.24) is 4.90 Å². The SMILES string of the molecule is CC(C)Oc1ccc(NC2=C(c3ccc(F)cc3)C(=O)N(Cc3ccc(Cl)cc3)C2=O)cc1. The van der Waals surface area contributed by atoms with Gasteiger partial charge in [-0.3, -0.25) is 14.5 Å². The van der Waals surface area contributed by atoms with Crippen molar-refractivity contribution in [2.75, 3.05) is 5.32 Å². The monoisotopic (exact) mass is 464 g/mol. The second-order valence-electron chi connectivity index (χ2n) is 7.90. The molecule has 4 rings (SSSR count). The Bertz CT molecular complexity index is 1200. The standard InChI is InChI=1S/C26H22ClFN2O3/c1-16(2)33-22-13-11-21(12-14-22)29-24-23(18-5-9-20(28)10-6-18)25(31)30(26(24)32)15-17-3-7-19(27)8-4-17/h3-14,16,29H,15H2,1-2H3. The van der Waals surface area contributed by atoms with Crippen LogP contribution in [-0.2, 0) is 16.1 Å². The van der Waals surface area contributed by atoms with Crippen molar-refractivity contribution in [2.45, 2.75) is 26.5 Å². The van der Waals surface area contributed by atoms with E-state index in [1.807, 2.05) is 13.8 Å². The lowest BCUT2D eigenvalue weighted by atomic mass is 10.0. The van der Waals surface area contributed by atoms with Gasteiger partial charge in [0, 0.05) is 10.7 Å². The molecule has 0 saturated heterocycles. The number of benzene rings is 3. The van der Waals surface area contributed by atoms with E-state index in [1.54, 1.807) is 48.5 Å². The van der Waals surface area contributed by atoms with Gasteiger partial charge in [-0.15, -0.1) is 0 Å². The van der Waals surface area contributed by atoms with Crippen LogP contribution in [0.5, 0.6) is 5.75 Å². The number of imide groups is 1. The summed E-state index contributed by atoms with van der Waals surface area (Å²) in [5, 5.41) is 3.65. The Hall–Kier alpha value is -3.64. The van der Waals surface area contributed by atoms with Crippen molar-refractivity contribution in [1.29, 1.82) is 0 Å². The number of ether oxygens (including phenoxy) is 1. The Morgan fingerprint density at radius 2 is 1.55 bits per heavy atom. The van der Waals surface area contributed by atoms with Crippen molar-refractivity contribution < 1.29 is 18.7 Å². The predicted molar refractivity (Wildman–Crippen MR) is 126 cm³/mol. The molecular weight excluding hydrogens is 443 g/mol. The molecule has 0 bridgehead atoms. The molecule has 168 valence electrons. The third-order valence-electron chi connectivity index (χ3n) is 5.05. The van der Waals surface area contributed by atoms with Gasteiger partial charge >= 0.3 is 0 Å². The maximum Gasteiger partial charge on any atom is 0.278 e. The van der Waals surface area contributed by atoms with Crippen molar-refractivity contribution >= 4 is 34.7 Å². The highest BCUT2D eigenvalue weighted by Gasteiger charge is 2.39. The van der Waals surface area contributed by atoms with Crippen LogP contribution >= 0.6 is 11.6 Å². The van der Waals surface area contributed by atoms with Gasteiger partial charge in [0.05, 0.1) is 18.2 Å². The third kappa shape index (κ3) is 5.07. The number of nitrogens with zero attached hydrogens (tertiary/aromatic N) is 1. The Balaban J connectivity index is 1.67. The van der Waals surface area contributed by atoms with Crippen LogP contribution < -0.4 is 10.1 Å². The van der Waals surface area contributed by atoms with E-state index >= 15 is 0 Å². The first-order valence-electron chi connectivity index (χ1n) is 10.5. The molecule has 1 aliphatic rings. The molecule has 0 unspecified atom stereocenters. The second-order valence-corrected chi connectivity index (χ2v) is 8.33. The predicted octanol–water partition coefficient (Wildman–Crippen LogP) is 5.66. The maximum atomic E-state index is 13.5. The molecule has 0 saturated carbocycles. The van der Waals surface area contributed by atoms with Gasteiger partial charge in [-0.2, -0.15) is 0 Å². The average molecular weight is 465 g/mol. The fourth-order valence-corrected chi connectivity index (χ4v) is 3.65. The molecule has 1 aliphatic heterocycles. The fourth-order valence-electron chi connectivity index (χ4n) is 3.53. The van der Waals surface area contributed by atoms with Crippen molar-refractivity contribution in [3.05, 3.63) is 100 Å². The minimum atomic E-state index is -0.461. The fraction of sp³-hybridized carbons (Fsp3) is 0.154. The van der Waals surface area contributed by atoms with Crippen LogP contribution in [0.2, 0.25) is 5.02 Å². The minimum absolute atomic E-state index is 0.0343. The summed E-state index contributed by atoms with van der Waals surface area (Å²) in [6.45, 7) is 3.96. The number of hydrogen-bond donors (Lipinski definition) is 1. The summed E-state index contributed by atoms with van der Waals surface area (Å²) in [4.78, 5) is 27.8. The number of carbonyl (C=O) groups excluding carboxylic acids is 2. The molecule has 0 radical (unpaired) electrons. The summed E-state index contributed by atoms with van der Waals surface area (Å²) in [7, 11) is 0. The molecule has 2 amide bonds. The van der Waals surface area contributed by atoms with Gasteiger partial charge in [-0.1, -0.05) is 35.9 Å². The minimum Gasteiger partial charge on any atom is -0.491 e. The molecule has 3 aromatic carbocycles. The van der Waals surface area contributed by atoms with Crippen LogP contribution in [0.3, 0.4) is 0 Å². The number of carbonyl (C=O) groups is 2. The maximum absolute atomic E-state index is 13.5. The summed E-state index contributed by atoms with van der Waals surface area (Å²) in [5.41, 5.74) is 2.16. The Kier molecular flexibility index (Phi) is 6.47. The topological polar surface area (TPSA) is 58.6 Å². The normalized spacial score (nSPS) is 13.8. The number of rotatable bonds is 7. The van der Waals surface area contributed by atoms with E-state index in [0.717, 1.165) is 5.56 Å². The van der Waals surface area contributed by atoms with Crippen LogP contribution in [0.15, 0.2) is 78.5 Å². The van der Waals surface area contributed by atoms with E-state index in [0.29, 0.717) is 22.0 Å². The lowest BCUT2D eigenvalue weighted by Crippen LogP contribution is -2.32. The van der Waals surface area contributed by atoms with Crippen LogP contribution in [-0.4, -0.2) is 22.8 Å². The zero-order valence-electron chi connectivity index (χ0n) is 18.1. The molecule has 1 N–H and O–H groups in total. The summed E-state index contributed by atoms with van der Waals surface area (Å²) in [5.74, 6) is -0.647. The summed E-state index contributed by atoms with van der Waals surface area (Å²) in [6.07, 6.45) is 0.0343. The van der Waals surface area contributed by atoms with Crippen molar-refractivity contribution in [2.24, 2.45) is 0 Å². The van der Waals surface area contributed by atoms with Gasteiger partial charge in [0.15, 0.2) is 0 Å². The molecule has 1 heterocycles. The van der Waals surface area contributed by atoms with Gasteiger partial charge in [-0.25, -0.2) is 4.39 Å². The highest BCUT2D eigenvalue weighted by Crippen LogP contribution is 2.32. The van der Waals surface area contributed by atoms with E-state index in [1.165, 1.54) is 29.2 Å². The van der Waals surface area contributed by atoms with Crippen molar-refractivity contribution in [3.8, 4) is 5.75 Å². The van der Waals surface area contributed by atoms with Crippen LogP contribution in [0, 0.1) is 5.82 Å². The van der Waals surface area contributed by atoms with E-state index < -0.39 is 17.6 Å². The molecule has 0 fully saturated rings. The lowest BCUT2D eigenvalue weighted by molar-refractivity contribution is -0.137. The Labute approximate surface area is 196 Å². The zero-order chi connectivity index (χ0) is 23.5. The number of hydrogen-bond acceptors (Lipinski definition) is 4. The van der Waals surface area contributed by atoms with Crippen molar-refractivity contribution in [3.63, 3.8) is 0 Å². The van der Waals surface area contributed by atoms with Crippen LogP contribution in [0.4, 0.5) is 10.1 Å². The first-order valence-corrected chi connectivity index (χ1v) is 10.8. The summed E-state index contributed by atoms with van der Waals surface area (Å²) in [6, 6.07) is 19.5. The van der Waals surface area contributed by atoms with E-state index in [9.17, 15) is 14.0 Å². The van der Waals surface area contributed by atoms with Gasteiger partial charge in [-0.05, 0) is 73.5 Å². The molecule has 3 aromatic rings. The average Bonchev–Trinajstić information content (AvgIpc) is 3.01. The quantitative estimate of drug-likeness (QED) is 0.458. The van der Waals surface area contributed by atoms with Gasteiger partial charge in [0.25, 0.3) is 11.8 Å². The largest absolute Gasteiger partial charge is 0.491 e. The Morgan fingerprint density at radius 1 is 0.909 bits per heavy atom. The molecule has 0 atom stereocenters. The molecule has 0 aromatic heterocycles. The smallest absolute Gasteiger partial charge is 0.278 e. The Morgan fingerprint density at radius 3 is 2.15 bits per heavy atom. The summed E-state index contributed by atoms with van der Waals surface area (Å²) < 4.78 is 19.2. The highest BCUT2D eigenvalue weighted by atomic mass is 35.5. The highest BCUT2D eigenvalue weighted by molar-refractivity contribution is 6.36. The molecule has 0 spiro atoms. The summed E-state index contributed by atoms with van der Waals surface area (Å²) >= 11 is 5.95.